The van der Waals surface area contributed by atoms with Crippen molar-refractivity contribution in [1.82, 2.24) is 9.78 Å². The summed E-state index contributed by atoms with van der Waals surface area (Å²) in [6.07, 6.45) is 6.98. The summed E-state index contributed by atoms with van der Waals surface area (Å²) in [4.78, 5) is 1.24. The molecule has 0 atom stereocenters. The maximum absolute atomic E-state index is 5.47. The fourth-order valence-corrected chi connectivity index (χ4v) is 2.06. The summed E-state index contributed by atoms with van der Waals surface area (Å²) < 4.78 is 7.33. The highest BCUT2D eigenvalue weighted by molar-refractivity contribution is 7.10. The summed E-state index contributed by atoms with van der Waals surface area (Å²) in [5.41, 5.74) is 1.06. The van der Waals surface area contributed by atoms with E-state index in [9.17, 15) is 0 Å². The Morgan fingerprint density at radius 2 is 2.35 bits per heavy atom. The predicted molar refractivity (Wildman–Crippen MR) is 71.7 cm³/mol. The van der Waals surface area contributed by atoms with Gasteiger partial charge in [0.25, 0.3) is 0 Å². The highest BCUT2D eigenvalue weighted by Gasteiger charge is 1.98. The van der Waals surface area contributed by atoms with Crippen LogP contribution in [0.25, 0.3) is 12.2 Å². The number of hydrogen-bond donors (Lipinski definition) is 0. The van der Waals surface area contributed by atoms with Crippen LogP contribution in [-0.2, 0) is 11.5 Å². The van der Waals surface area contributed by atoms with Gasteiger partial charge < -0.3 is 4.74 Å². The number of thiophene rings is 1. The van der Waals surface area contributed by atoms with Crippen LogP contribution in [0.1, 0.15) is 23.9 Å². The van der Waals surface area contributed by atoms with Crippen molar-refractivity contribution in [2.24, 2.45) is 0 Å². The summed E-state index contributed by atoms with van der Waals surface area (Å²) >= 11 is 1.72. The molecule has 0 unspecified atom stereocenters. The number of ether oxygens (including phenoxy) is 1. The second kappa shape index (κ2) is 6.37. The second-order valence-corrected chi connectivity index (χ2v) is 4.62. The molecule has 2 heterocycles. The maximum Gasteiger partial charge on any atom is 0.139 e. The summed E-state index contributed by atoms with van der Waals surface area (Å²) in [6.45, 7) is 3.39. The van der Waals surface area contributed by atoms with Gasteiger partial charge in [0.1, 0.15) is 6.73 Å². The summed E-state index contributed by atoms with van der Waals surface area (Å²) in [6, 6.07) is 6.13. The molecular weight excluding hydrogens is 232 g/mol. The molecule has 0 N–H and O–H groups in total. The molecule has 3 nitrogen and oxygen atoms in total. The Hall–Kier alpha value is -1.39. The third kappa shape index (κ3) is 3.54. The smallest absolute Gasteiger partial charge is 0.139 e. The molecule has 90 valence electrons. The zero-order valence-electron chi connectivity index (χ0n) is 9.87. The van der Waals surface area contributed by atoms with Gasteiger partial charge in [-0.25, -0.2) is 4.68 Å². The minimum absolute atomic E-state index is 0.519. The lowest BCUT2D eigenvalue weighted by Crippen LogP contribution is -2.06. The van der Waals surface area contributed by atoms with Crippen LogP contribution in [-0.4, -0.2) is 16.4 Å². The molecule has 2 rings (SSSR count). The van der Waals surface area contributed by atoms with Crippen molar-refractivity contribution in [3.8, 4) is 0 Å². The average Bonchev–Trinajstić information content (AvgIpc) is 2.97. The lowest BCUT2D eigenvalue weighted by Gasteiger charge is -2.04. The Kier molecular flexibility index (Phi) is 4.53. The van der Waals surface area contributed by atoms with Gasteiger partial charge in [-0.1, -0.05) is 13.0 Å². The standard InChI is InChI=1S/C13H16N2OS/c1-2-9-16-11-15-12(7-8-14-15)5-6-13-4-3-10-17-13/h3-8,10H,2,9,11H2,1H3/b6-5+. The zero-order chi connectivity index (χ0) is 11.9. The normalized spacial score (nSPS) is 11.4. The first-order valence-electron chi connectivity index (χ1n) is 5.71. The highest BCUT2D eigenvalue weighted by Crippen LogP contribution is 2.13. The molecule has 0 aliphatic heterocycles. The van der Waals surface area contributed by atoms with Crippen LogP contribution >= 0.6 is 11.3 Å². The molecule has 0 fully saturated rings. The van der Waals surface area contributed by atoms with Crippen molar-refractivity contribution in [1.29, 1.82) is 0 Å². The molecular formula is C13H16N2OS. The lowest BCUT2D eigenvalue weighted by molar-refractivity contribution is 0.0689. The van der Waals surface area contributed by atoms with Gasteiger partial charge in [-0.05, 0) is 36.1 Å². The van der Waals surface area contributed by atoms with E-state index in [-0.39, 0.29) is 0 Å². The first kappa shape index (κ1) is 12.1. The van der Waals surface area contributed by atoms with Crippen LogP contribution in [0.3, 0.4) is 0 Å². The Labute approximate surface area is 105 Å². The molecule has 0 amide bonds. The van der Waals surface area contributed by atoms with Crippen LogP contribution in [0.15, 0.2) is 29.8 Å². The van der Waals surface area contributed by atoms with Crippen molar-refractivity contribution in [3.05, 3.63) is 40.3 Å². The van der Waals surface area contributed by atoms with Crippen LogP contribution < -0.4 is 0 Å². The maximum atomic E-state index is 5.47. The molecule has 4 heteroatoms. The van der Waals surface area contributed by atoms with Gasteiger partial charge in [0.05, 0.1) is 5.69 Å². The fraction of sp³-hybridized carbons (Fsp3) is 0.308. The Morgan fingerprint density at radius 1 is 1.41 bits per heavy atom. The molecule has 0 spiro atoms. The van der Waals surface area contributed by atoms with Crippen LogP contribution in [0.2, 0.25) is 0 Å². The van der Waals surface area contributed by atoms with E-state index in [0.29, 0.717) is 6.73 Å². The van der Waals surface area contributed by atoms with Crippen LogP contribution in [0.4, 0.5) is 0 Å². The Balaban J connectivity index is 1.98. The van der Waals surface area contributed by atoms with E-state index >= 15 is 0 Å². The molecule has 0 aromatic carbocycles. The van der Waals surface area contributed by atoms with Gasteiger partial charge in [0.2, 0.25) is 0 Å². The van der Waals surface area contributed by atoms with Crippen molar-refractivity contribution in [3.63, 3.8) is 0 Å². The van der Waals surface area contributed by atoms with Crippen LogP contribution in [0, 0.1) is 0 Å². The summed E-state index contributed by atoms with van der Waals surface area (Å²) in [7, 11) is 0. The third-order valence-electron chi connectivity index (χ3n) is 2.27. The highest BCUT2D eigenvalue weighted by atomic mass is 32.1. The Bertz CT molecular complexity index is 459. The predicted octanol–water partition coefficient (Wildman–Crippen LogP) is 3.50. The summed E-state index contributed by atoms with van der Waals surface area (Å²) in [5.74, 6) is 0. The van der Waals surface area contributed by atoms with Gasteiger partial charge >= 0.3 is 0 Å². The number of nitrogens with zero attached hydrogens (tertiary/aromatic N) is 2. The van der Waals surface area contributed by atoms with E-state index in [1.807, 2.05) is 16.8 Å². The van der Waals surface area contributed by atoms with Crippen molar-refractivity contribution >= 4 is 23.5 Å². The monoisotopic (exact) mass is 248 g/mol. The largest absolute Gasteiger partial charge is 0.359 e. The molecule has 0 aliphatic carbocycles. The van der Waals surface area contributed by atoms with E-state index in [2.05, 4.69) is 35.6 Å². The quantitative estimate of drug-likeness (QED) is 0.732. The lowest BCUT2D eigenvalue weighted by atomic mass is 10.3. The van der Waals surface area contributed by atoms with Crippen molar-refractivity contribution < 1.29 is 4.74 Å². The third-order valence-corrected chi connectivity index (χ3v) is 3.11. The molecule has 0 saturated heterocycles. The average molecular weight is 248 g/mol. The molecule has 0 saturated carbocycles. The first-order chi connectivity index (χ1) is 8.40. The van der Waals surface area contributed by atoms with Crippen LogP contribution in [0.5, 0.6) is 0 Å². The SMILES string of the molecule is CCCOCn1nccc1/C=C/c1cccs1. The van der Waals surface area contributed by atoms with Gasteiger partial charge in [0.15, 0.2) is 0 Å². The van der Waals surface area contributed by atoms with Gasteiger partial charge in [-0.2, -0.15) is 5.10 Å². The number of hydrogen-bond acceptors (Lipinski definition) is 3. The Morgan fingerprint density at radius 3 is 3.12 bits per heavy atom. The zero-order valence-corrected chi connectivity index (χ0v) is 10.7. The molecule has 2 aromatic rings. The minimum atomic E-state index is 0.519. The number of rotatable bonds is 6. The molecule has 0 aliphatic rings. The van der Waals surface area contributed by atoms with Gasteiger partial charge in [0, 0.05) is 17.7 Å². The van der Waals surface area contributed by atoms with E-state index in [4.69, 9.17) is 4.74 Å². The van der Waals surface area contributed by atoms with Crippen molar-refractivity contribution in [2.75, 3.05) is 6.61 Å². The van der Waals surface area contributed by atoms with E-state index in [1.165, 1.54) is 4.88 Å². The number of aromatic nitrogens is 2. The molecule has 2 aromatic heterocycles. The van der Waals surface area contributed by atoms with E-state index < -0.39 is 0 Å². The molecule has 17 heavy (non-hydrogen) atoms. The first-order valence-corrected chi connectivity index (χ1v) is 6.59. The van der Waals surface area contributed by atoms with Gasteiger partial charge in [-0.15, -0.1) is 11.3 Å². The molecule has 0 bridgehead atoms. The molecule has 0 radical (unpaired) electrons. The van der Waals surface area contributed by atoms with E-state index in [1.54, 1.807) is 17.5 Å². The van der Waals surface area contributed by atoms with Gasteiger partial charge in [-0.3, -0.25) is 0 Å². The topological polar surface area (TPSA) is 27.1 Å². The minimum Gasteiger partial charge on any atom is -0.359 e. The fourth-order valence-electron chi connectivity index (χ4n) is 1.44. The second-order valence-electron chi connectivity index (χ2n) is 3.64. The van der Waals surface area contributed by atoms with Crippen molar-refractivity contribution in [2.45, 2.75) is 20.1 Å². The summed E-state index contributed by atoms with van der Waals surface area (Å²) in [5, 5.41) is 6.30. The van der Waals surface area contributed by atoms with E-state index in [0.717, 1.165) is 18.7 Å².